The SMILES string of the molecule is COOCc1ccc2c(C3CCCCC3)c3n(c2c1)C(O)c1cccnc1-3. The van der Waals surface area contributed by atoms with Gasteiger partial charge in [0.1, 0.15) is 6.61 Å². The molecular weight excluding hydrogens is 340 g/mol. The molecule has 1 atom stereocenters. The number of hydrogen-bond acceptors (Lipinski definition) is 4. The molecule has 1 aromatic carbocycles. The second kappa shape index (κ2) is 6.75. The van der Waals surface area contributed by atoms with E-state index in [-0.39, 0.29) is 0 Å². The average molecular weight is 364 g/mol. The molecule has 3 aromatic rings. The van der Waals surface area contributed by atoms with Crippen molar-refractivity contribution in [3.63, 3.8) is 0 Å². The van der Waals surface area contributed by atoms with Crippen LogP contribution >= 0.6 is 0 Å². The highest BCUT2D eigenvalue weighted by atomic mass is 17.2. The number of nitrogens with zero attached hydrogens (tertiary/aromatic N) is 2. The Hall–Kier alpha value is -2.21. The van der Waals surface area contributed by atoms with Crippen LogP contribution in [-0.4, -0.2) is 21.8 Å². The highest BCUT2D eigenvalue weighted by Gasteiger charge is 2.35. The van der Waals surface area contributed by atoms with Crippen molar-refractivity contribution in [1.82, 2.24) is 9.55 Å². The number of aliphatic hydroxyl groups excluding tert-OH is 1. The standard InChI is InChI=1S/C22H24N2O3/c1-26-27-13-14-9-10-16-18(12-14)24-21(19(16)15-6-3-2-4-7-15)20-17(22(24)25)8-5-11-23-20/h5,8-12,15,22,25H,2-4,6-7,13H2,1H3. The van der Waals surface area contributed by atoms with Crippen LogP contribution in [0.25, 0.3) is 22.3 Å². The maximum atomic E-state index is 11.1. The average Bonchev–Trinajstić information content (AvgIpc) is 3.20. The molecule has 5 heteroatoms. The zero-order valence-corrected chi connectivity index (χ0v) is 15.5. The van der Waals surface area contributed by atoms with Crippen LogP contribution in [0.5, 0.6) is 0 Å². The molecule has 1 unspecified atom stereocenters. The smallest absolute Gasteiger partial charge is 0.159 e. The van der Waals surface area contributed by atoms with E-state index in [0.717, 1.165) is 28.0 Å². The van der Waals surface area contributed by atoms with E-state index >= 15 is 0 Å². The van der Waals surface area contributed by atoms with Crippen molar-refractivity contribution in [2.45, 2.75) is 50.9 Å². The summed E-state index contributed by atoms with van der Waals surface area (Å²) < 4.78 is 2.06. The second-order valence-electron chi connectivity index (χ2n) is 7.56. The number of aromatic nitrogens is 2. The number of hydrogen-bond donors (Lipinski definition) is 1. The maximum Gasteiger partial charge on any atom is 0.159 e. The molecule has 2 aromatic heterocycles. The van der Waals surface area contributed by atoms with E-state index in [1.165, 1.54) is 50.2 Å². The number of pyridine rings is 1. The normalized spacial score (nSPS) is 19.4. The predicted molar refractivity (Wildman–Crippen MR) is 103 cm³/mol. The summed E-state index contributed by atoms with van der Waals surface area (Å²) in [4.78, 5) is 14.5. The molecule has 5 nitrogen and oxygen atoms in total. The van der Waals surface area contributed by atoms with Crippen molar-refractivity contribution >= 4 is 10.9 Å². The molecule has 3 heterocycles. The molecule has 0 amide bonds. The largest absolute Gasteiger partial charge is 0.369 e. The van der Waals surface area contributed by atoms with Gasteiger partial charge in [-0.15, -0.1) is 0 Å². The van der Waals surface area contributed by atoms with Crippen LogP contribution in [-0.2, 0) is 16.4 Å². The van der Waals surface area contributed by atoms with Gasteiger partial charge in [-0.3, -0.25) is 4.98 Å². The molecule has 1 aliphatic heterocycles. The van der Waals surface area contributed by atoms with E-state index in [1.54, 1.807) is 0 Å². The highest BCUT2D eigenvalue weighted by Crippen LogP contribution is 2.49. The molecule has 2 aliphatic rings. The van der Waals surface area contributed by atoms with Crippen LogP contribution in [0.3, 0.4) is 0 Å². The first-order valence-electron chi connectivity index (χ1n) is 9.75. The molecule has 27 heavy (non-hydrogen) atoms. The summed E-state index contributed by atoms with van der Waals surface area (Å²) in [6, 6.07) is 10.3. The number of benzene rings is 1. The summed E-state index contributed by atoms with van der Waals surface area (Å²) in [7, 11) is 1.51. The topological polar surface area (TPSA) is 56.5 Å². The first-order valence-corrected chi connectivity index (χ1v) is 9.75. The van der Waals surface area contributed by atoms with Crippen molar-refractivity contribution in [1.29, 1.82) is 0 Å². The first kappa shape index (κ1) is 16.9. The molecular formula is C22H24N2O3. The van der Waals surface area contributed by atoms with Gasteiger partial charge in [0.25, 0.3) is 0 Å². The maximum absolute atomic E-state index is 11.1. The van der Waals surface area contributed by atoms with E-state index in [2.05, 4.69) is 27.8 Å². The third-order valence-corrected chi connectivity index (χ3v) is 6.05. The van der Waals surface area contributed by atoms with Gasteiger partial charge >= 0.3 is 0 Å². The molecule has 0 bridgehead atoms. The lowest BCUT2D eigenvalue weighted by Gasteiger charge is -2.22. The van der Waals surface area contributed by atoms with Gasteiger partial charge < -0.3 is 9.67 Å². The summed E-state index contributed by atoms with van der Waals surface area (Å²) in [5, 5.41) is 12.3. The van der Waals surface area contributed by atoms with Crippen molar-refractivity contribution in [3.8, 4) is 11.4 Å². The lowest BCUT2D eigenvalue weighted by molar-refractivity contribution is -0.282. The Labute approximate surface area is 158 Å². The van der Waals surface area contributed by atoms with Crippen molar-refractivity contribution in [2.24, 2.45) is 0 Å². The van der Waals surface area contributed by atoms with Crippen LogP contribution in [0.2, 0.25) is 0 Å². The highest BCUT2D eigenvalue weighted by molar-refractivity contribution is 5.94. The minimum Gasteiger partial charge on any atom is -0.369 e. The molecule has 0 saturated heterocycles. The quantitative estimate of drug-likeness (QED) is 0.539. The zero-order chi connectivity index (χ0) is 18.4. The summed E-state index contributed by atoms with van der Waals surface area (Å²) in [6.07, 6.45) is 7.41. The van der Waals surface area contributed by atoms with Crippen LogP contribution in [0.4, 0.5) is 0 Å². The monoisotopic (exact) mass is 364 g/mol. The summed E-state index contributed by atoms with van der Waals surface area (Å²) in [6.45, 7) is 0.382. The third-order valence-electron chi connectivity index (χ3n) is 6.05. The van der Waals surface area contributed by atoms with E-state index < -0.39 is 6.23 Å². The fraction of sp³-hybridized carbons (Fsp3) is 0.409. The van der Waals surface area contributed by atoms with Gasteiger partial charge in [-0.05, 0) is 42.0 Å². The minimum absolute atomic E-state index is 0.382. The van der Waals surface area contributed by atoms with E-state index in [9.17, 15) is 5.11 Å². The first-order chi connectivity index (χ1) is 13.3. The van der Waals surface area contributed by atoms with Crippen LogP contribution in [0.1, 0.15) is 60.9 Å². The van der Waals surface area contributed by atoms with E-state index in [1.807, 2.05) is 18.3 Å². The van der Waals surface area contributed by atoms with Gasteiger partial charge in [0.2, 0.25) is 0 Å². The predicted octanol–water partition coefficient (Wildman–Crippen LogP) is 4.68. The lowest BCUT2D eigenvalue weighted by Crippen LogP contribution is -2.06. The van der Waals surface area contributed by atoms with Gasteiger partial charge in [0.05, 0.1) is 24.0 Å². The second-order valence-corrected chi connectivity index (χ2v) is 7.56. The fourth-order valence-electron chi connectivity index (χ4n) is 4.86. The molecule has 140 valence electrons. The summed E-state index contributed by atoms with van der Waals surface area (Å²) in [5.41, 5.74) is 6.36. The van der Waals surface area contributed by atoms with Crippen LogP contribution in [0.15, 0.2) is 36.5 Å². The Bertz CT molecular complexity index is 989. The van der Waals surface area contributed by atoms with Crippen LogP contribution < -0.4 is 0 Å². The molecule has 1 N–H and O–H groups in total. The summed E-state index contributed by atoms with van der Waals surface area (Å²) in [5.74, 6) is 0.527. The summed E-state index contributed by atoms with van der Waals surface area (Å²) >= 11 is 0. The van der Waals surface area contributed by atoms with Crippen molar-refractivity contribution in [3.05, 3.63) is 53.2 Å². The van der Waals surface area contributed by atoms with Crippen molar-refractivity contribution < 1.29 is 14.9 Å². The molecule has 0 radical (unpaired) electrons. The zero-order valence-electron chi connectivity index (χ0n) is 15.5. The lowest BCUT2D eigenvalue weighted by atomic mass is 9.82. The van der Waals surface area contributed by atoms with E-state index in [4.69, 9.17) is 9.78 Å². The number of fused-ring (bicyclic) bond motifs is 5. The molecule has 1 fully saturated rings. The molecule has 5 rings (SSSR count). The van der Waals surface area contributed by atoms with Crippen LogP contribution in [0, 0.1) is 0 Å². The molecule has 0 spiro atoms. The molecule has 1 saturated carbocycles. The number of rotatable bonds is 4. The van der Waals surface area contributed by atoms with Gasteiger partial charge in [-0.25, -0.2) is 9.78 Å². The Balaban J connectivity index is 1.75. The Morgan fingerprint density at radius 2 is 2.04 bits per heavy atom. The Kier molecular flexibility index (Phi) is 4.23. The van der Waals surface area contributed by atoms with Gasteiger partial charge in [-0.1, -0.05) is 37.5 Å². The van der Waals surface area contributed by atoms with Gasteiger partial charge in [-0.2, -0.15) is 0 Å². The van der Waals surface area contributed by atoms with E-state index in [0.29, 0.717) is 12.5 Å². The fourth-order valence-corrected chi connectivity index (χ4v) is 4.86. The van der Waals surface area contributed by atoms with Crippen molar-refractivity contribution in [2.75, 3.05) is 7.11 Å². The third kappa shape index (κ3) is 2.61. The Morgan fingerprint density at radius 3 is 2.85 bits per heavy atom. The van der Waals surface area contributed by atoms with Gasteiger partial charge in [0.15, 0.2) is 6.23 Å². The molecule has 1 aliphatic carbocycles. The minimum atomic E-state index is -0.692. The number of aliphatic hydroxyl groups is 1. The Morgan fingerprint density at radius 1 is 1.19 bits per heavy atom. The van der Waals surface area contributed by atoms with Gasteiger partial charge in [0, 0.05) is 17.1 Å².